The summed E-state index contributed by atoms with van der Waals surface area (Å²) in [4.78, 5) is 52.2. The number of rotatable bonds is 8. The third kappa shape index (κ3) is 8.84. The number of piperazine rings is 2. The van der Waals surface area contributed by atoms with Gasteiger partial charge in [0, 0.05) is 98.6 Å². The van der Waals surface area contributed by atoms with Crippen LogP contribution in [0.4, 0.5) is 34.5 Å². The molecule has 2 aromatic carbocycles. The molecule has 4 aliphatic rings. The zero-order chi connectivity index (χ0) is 42.8. The van der Waals surface area contributed by atoms with Gasteiger partial charge in [0.1, 0.15) is 23.0 Å². The zero-order valence-electron chi connectivity index (χ0n) is 34.2. The number of anilines is 5. The topological polar surface area (TPSA) is 176 Å². The summed E-state index contributed by atoms with van der Waals surface area (Å²) in [7, 11) is 4.21. The molecule has 314 valence electrons. The van der Waals surface area contributed by atoms with Crippen LogP contribution in [0.2, 0.25) is 10.0 Å². The Balaban J connectivity index is 0.000000169. The van der Waals surface area contributed by atoms with E-state index in [-0.39, 0.29) is 22.9 Å². The molecule has 0 radical (unpaired) electrons. The fourth-order valence-corrected chi connectivity index (χ4v) is 7.94. The highest BCUT2D eigenvalue weighted by atomic mass is 35.5. The van der Waals surface area contributed by atoms with Crippen molar-refractivity contribution in [3.63, 3.8) is 0 Å². The Kier molecular flexibility index (Phi) is 12.1. The van der Waals surface area contributed by atoms with Crippen LogP contribution in [-0.2, 0) is 0 Å². The molecule has 2 saturated heterocycles. The van der Waals surface area contributed by atoms with E-state index in [0.29, 0.717) is 39.4 Å². The summed E-state index contributed by atoms with van der Waals surface area (Å²) in [5.41, 5.74) is 6.75. The van der Waals surface area contributed by atoms with Gasteiger partial charge in [-0.3, -0.25) is 25.0 Å². The molecule has 0 atom stereocenters. The lowest BCUT2D eigenvalue weighted by atomic mass is 10.0. The quantitative estimate of drug-likeness (QED) is 0.0843. The second-order valence-electron chi connectivity index (χ2n) is 15.4. The van der Waals surface area contributed by atoms with Crippen molar-refractivity contribution < 1.29 is 9.72 Å². The van der Waals surface area contributed by atoms with Gasteiger partial charge in [-0.1, -0.05) is 53.5 Å². The van der Waals surface area contributed by atoms with Gasteiger partial charge in [-0.2, -0.15) is 0 Å². The number of carbonyl (C=O) groups is 1. The summed E-state index contributed by atoms with van der Waals surface area (Å²) in [6.07, 6.45) is 3.39. The molecule has 0 spiro atoms. The number of carbonyl (C=O) groups excluding carboxylic acids is 1. The number of H-pyrrole nitrogens is 1. The molecular weight excluding hydrogens is 817 g/mol. The first-order valence-electron chi connectivity index (χ1n) is 19.9. The molecule has 5 aromatic rings. The third-order valence-corrected chi connectivity index (χ3v) is 11.8. The van der Waals surface area contributed by atoms with Crippen LogP contribution < -0.4 is 20.4 Å². The number of fused-ring (bicyclic) bond motifs is 2. The van der Waals surface area contributed by atoms with Crippen LogP contribution in [0.1, 0.15) is 39.7 Å². The van der Waals surface area contributed by atoms with Crippen LogP contribution in [-0.4, -0.2) is 125 Å². The number of nitrogens with one attached hydrogen (secondary N) is 3. The fraction of sp³-hybridized carbons (Fsp3) is 0.302. The van der Waals surface area contributed by atoms with Crippen LogP contribution >= 0.6 is 23.2 Å². The van der Waals surface area contributed by atoms with Gasteiger partial charge in [-0.15, -0.1) is 5.10 Å². The number of benzene rings is 2. The van der Waals surface area contributed by atoms with E-state index in [4.69, 9.17) is 33.2 Å². The number of likely N-dealkylation sites (N-methyl/N-ethyl adjacent to an activating group) is 2. The molecule has 0 aliphatic carbocycles. The van der Waals surface area contributed by atoms with Crippen LogP contribution in [0.15, 0.2) is 94.3 Å². The predicted molar refractivity (Wildman–Crippen MR) is 242 cm³/mol. The van der Waals surface area contributed by atoms with Crippen LogP contribution in [0.25, 0.3) is 0 Å². The Morgan fingerprint density at radius 3 is 2.08 bits per heavy atom. The number of pyridine rings is 2. The van der Waals surface area contributed by atoms with Gasteiger partial charge in [-0.05, 0) is 51.7 Å². The van der Waals surface area contributed by atoms with Gasteiger partial charge in [0.15, 0.2) is 11.6 Å². The number of hydrogen-bond donors (Lipinski definition) is 3. The lowest BCUT2D eigenvalue weighted by Gasteiger charge is -2.33. The van der Waals surface area contributed by atoms with Gasteiger partial charge >= 0.3 is 5.69 Å². The summed E-state index contributed by atoms with van der Waals surface area (Å²) in [5.74, 6) is 2.15. The van der Waals surface area contributed by atoms with Crippen molar-refractivity contribution in [3.05, 3.63) is 132 Å². The van der Waals surface area contributed by atoms with Crippen molar-refractivity contribution in [1.29, 1.82) is 0 Å². The van der Waals surface area contributed by atoms with Crippen molar-refractivity contribution in [1.82, 2.24) is 30.0 Å². The molecule has 4 aliphatic heterocycles. The lowest BCUT2D eigenvalue weighted by molar-refractivity contribution is -0.384. The number of aromatic amines is 1. The maximum Gasteiger partial charge on any atom is 0.333 e. The number of aryl methyl sites for hydroxylation is 1. The summed E-state index contributed by atoms with van der Waals surface area (Å²) >= 11 is 12.8. The number of halogens is 2. The maximum absolute atomic E-state index is 13.3. The van der Waals surface area contributed by atoms with Crippen molar-refractivity contribution in [3.8, 4) is 0 Å². The van der Waals surface area contributed by atoms with Crippen LogP contribution in [0, 0.1) is 17.0 Å². The normalized spacial score (nSPS) is 16.7. The third-order valence-electron chi connectivity index (χ3n) is 11.1. The second kappa shape index (κ2) is 17.8. The molecule has 3 N–H and O–H groups in total. The van der Waals surface area contributed by atoms with Gasteiger partial charge in [0.25, 0.3) is 0 Å². The number of ketones is 1. The largest absolute Gasteiger partial charge is 0.354 e. The Bertz CT molecular complexity index is 2590. The highest BCUT2D eigenvalue weighted by molar-refractivity contribution is 6.37. The van der Waals surface area contributed by atoms with Crippen molar-refractivity contribution in [2.45, 2.75) is 13.8 Å². The van der Waals surface area contributed by atoms with E-state index >= 15 is 0 Å². The SMILES string of the molecule is CC1=C2N=C(c3ccccc3Cl)c3cnc(N4CCN(C)CC4)cc3NC2=NC1.Cc1[nH]nc(Nc2cc(N3CCN(C)CC3)ncc2C(=O)c2ccccc2Cl)c1[N+](=O)[O-]. The van der Waals surface area contributed by atoms with Crippen molar-refractivity contribution in [2.24, 2.45) is 9.98 Å². The molecule has 18 heteroatoms. The molecule has 0 saturated carbocycles. The fourth-order valence-electron chi connectivity index (χ4n) is 7.49. The Morgan fingerprint density at radius 1 is 0.803 bits per heavy atom. The van der Waals surface area contributed by atoms with E-state index in [1.54, 1.807) is 37.3 Å². The first-order chi connectivity index (χ1) is 29.4. The highest BCUT2D eigenvalue weighted by Crippen LogP contribution is 2.35. The average Bonchev–Trinajstić information content (AvgIpc) is 3.75. The summed E-state index contributed by atoms with van der Waals surface area (Å²) in [5, 5.41) is 25.6. The Labute approximate surface area is 363 Å². The maximum atomic E-state index is 13.3. The minimum absolute atomic E-state index is 0.0243. The van der Waals surface area contributed by atoms with E-state index in [1.807, 2.05) is 30.5 Å². The molecule has 3 aromatic heterocycles. The number of hydrogen-bond acceptors (Lipinski definition) is 14. The monoisotopic (exact) mass is 861 g/mol. The minimum Gasteiger partial charge on any atom is -0.354 e. The minimum atomic E-state index is -0.515. The van der Waals surface area contributed by atoms with Crippen molar-refractivity contribution >= 4 is 75.0 Å². The van der Waals surface area contributed by atoms with Gasteiger partial charge in [0.05, 0.1) is 39.1 Å². The Morgan fingerprint density at radius 2 is 1.43 bits per heavy atom. The molecule has 0 amide bonds. The molecule has 16 nitrogen and oxygen atoms in total. The lowest BCUT2D eigenvalue weighted by Crippen LogP contribution is -2.44. The molecule has 7 heterocycles. The molecule has 61 heavy (non-hydrogen) atoms. The summed E-state index contributed by atoms with van der Waals surface area (Å²) in [6, 6.07) is 18.4. The first kappa shape index (κ1) is 41.5. The number of amidine groups is 1. The number of nitro groups is 1. The zero-order valence-corrected chi connectivity index (χ0v) is 35.8. The van der Waals surface area contributed by atoms with Gasteiger partial charge < -0.3 is 30.2 Å². The summed E-state index contributed by atoms with van der Waals surface area (Å²) in [6.45, 7) is 11.7. The first-order valence-corrected chi connectivity index (χ1v) is 20.7. The van der Waals surface area contributed by atoms with Crippen LogP contribution in [0.5, 0.6) is 0 Å². The predicted octanol–water partition coefficient (Wildman–Crippen LogP) is 6.84. The molecule has 0 unspecified atom stereocenters. The smallest absolute Gasteiger partial charge is 0.333 e. The van der Waals surface area contributed by atoms with E-state index in [2.05, 4.69) is 77.5 Å². The molecule has 9 rings (SSSR count). The van der Waals surface area contributed by atoms with E-state index in [1.165, 1.54) is 6.20 Å². The van der Waals surface area contributed by atoms with Gasteiger partial charge in [0.2, 0.25) is 5.82 Å². The van der Waals surface area contributed by atoms with E-state index in [9.17, 15) is 14.9 Å². The molecule has 0 bridgehead atoms. The summed E-state index contributed by atoms with van der Waals surface area (Å²) < 4.78 is 0. The second-order valence-corrected chi connectivity index (χ2v) is 16.2. The molecule has 2 fully saturated rings. The van der Waals surface area contributed by atoms with E-state index in [0.717, 1.165) is 97.8 Å². The number of nitrogens with zero attached hydrogens (tertiary/aromatic N) is 10. The van der Waals surface area contributed by atoms with E-state index < -0.39 is 4.92 Å². The van der Waals surface area contributed by atoms with Crippen LogP contribution in [0.3, 0.4) is 0 Å². The average molecular weight is 863 g/mol. The highest BCUT2D eigenvalue weighted by Gasteiger charge is 2.28. The van der Waals surface area contributed by atoms with Gasteiger partial charge in [-0.25, -0.2) is 15.0 Å². The Hall–Kier alpha value is -6.20. The van der Waals surface area contributed by atoms with Crippen molar-refractivity contribution in [2.75, 3.05) is 93.4 Å². The number of aliphatic imine (C=N–C) groups is 2. The standard InChI is InChI=1S/C22H23ClN6.C21H22ClN7O3/c1-14-12-25-22-20(14)27-21(15-5-3-4-6-17(15)23)16-13-24-19(11-18(16)26-22)29-9-7-28(2)8-10-29;1-13-19(29(31)32)21(26-25-13)24-17-11-18(28-9-7-27(2)8-10-28)23-12-15(17)20(30)14-5-3-4-6-16(14)22/h3-6,11,13H,7-10,12H2,1-2H3,(H,25,26);3-6,11-12H,7-10H2,1-2H3,(H2,23,24,25,26). The number of aromatic nitrogens is 4. The molecular formula is C43H45Cl2N13O3.